The molecule has 0 heterocycles. The Morgan fingerprint density at radius 1 is 0.897 bits per heavy atom. The smallest absolute Gasteiger partial charge is 0.342 e. The summed E-state index contributed by atoms with van der Waals surface area (Å²) in [6.45, 7) is -0.0943. The van der Waals surface area contributed by atoms with E-state index in [1.54, 1.807) is 36.4 Å². The van der Waals surface area contributed by atoms with E-state index in [1.807, 2.05) is 30.3 Å². The topological polar surface area (TPSA) is 61.8 Å². The molecule has 148 valence electrons. The molecule has 0 unspecified atom stereocenters. The number of para-hydroxylation sites is 1. The summed E-state index contributed by atoms with van der Waals surface area (Å²) < 4.78 is 16.0. The number of rotatable bonds is 8. The largest absolute Gasteiger partial charge is 0.495 e. The summed E-state index contributed by atoms with van der Waals surface area (Å²) in [6, 6.07) is 21.0. The van der Waals surface area contributed by atoms with E-state index in [0.717, 1.165) is 5.56 Å². The molecule has 0 aliphatic heterocycles. The van der Waals surface area contributed by atoms with E-state index in [-0.39, 0.29) is 11.3 Å². The van der Waals surface area contributed by atoms with Gasteiger partial charge in [-0.3, -0.25) is 4.79 Å². The Balaban J connectivity index is 1.63. The Morgan fingerprint density at radius 2 is 1.62 bits per heavy atom. The molecule has 0 amide bonds. The van der Waals surface area contributed by atoms with Gasteiger partial charge in [-0.05, 0) is 35.9 Å². The minimum absolute atomic E-state index is 0.254. The zero-order chi connectivity index (χ0) is 20.6. The number of carbonyl (C=O) groups excluding carboxylic acids is 2. The molecule has 0 spiro atoms. The molecule has 3 aromatic rings. The Labute approximate surface area is 173 Å². The highest BCUT2D eigenvalue weighted by Crippen LogP contribution is 2.25. The van der Waals surface area contributed by atoms with Gasteiger partial charge in [-0.25, -0.2) is 4.79 Å². The van der Waals surface area contributed by atoms with Gasteiger partial charge in [-0.15, -0.1) is 0 Å². The van der Waals surface area contributed by atoms with Crippen LogP contribution < -0.4 is 9.47 Å². The molecular weight excluding hydrogens is 392 g/mol. The molecule has 3 rings (SSSR count). The Morgan fingerprint density at radius 3 is 2.34 bits per heavy atom. The molecular formula is C23H19ClO5. The fourth-order valence-electron chi connectivity index (χ4n) is 2.63. The minimum Gasteiger partial charge on any atom is -0.495 e. The highest BCUT2D eigenvalue weighted by Gasteiger charge is 2.17. The first-order valence-electron chi connectivity index (χ1n) is 8.88. The Hall–Kier alpha value is -3.31. The minimum atomic E-state index is -0.637. The van der Waals surface area contributed by atoms with Gasteiger partial charge in [0.25, 0.3) is 0 Å². The van der Waals surface area contributed by atoms with Crippen LogP contribution in [0.25, 0.3) is 0 Å². The summed E-state index contributed by atoms with van der Waals surface area (Å²) in [4.78, 5) is 24.8. The van der Waals surface area contributed by atoms with E-state index < -0.39 is 12.6 Å². The molecule has 0 saturated carbocycles. The Bertz CT molecular complexity index is 1000. The maximum absolute atomic E-state index is 12.5. The third-order valence-corrected chi connectivity index (χ3v) is 4.45. The van der Waals surface area contributed by atoms with Gasteiger partial charge < -0.3 is 14.2 Å². The SMILES string of the molecule is COc1ccc(C(=O)COC(=O)c2ccccc2OCc2ccccc2)cc1Cl. The molecule has 0 aromatic heterocycles. The highest BCUT2D eigenvalue weighted by atomic mass is 35.5. The van der Waals surface area contributed by atoms with Gasteiger partial charge in [0.15, 0.2) is 12.4 Å². The van der Waals surface area contributed by atoms with Gasteiger partial charge in [0.1, 0.15) is 23.7 Å². The first-order valence-corrected chi connectivity index (χ1v) is 9.26. The summed E-state index contributed by atoms with van der Waals surface area (Å²) in [5.74, 6) is -0.154. The molecule has 6 heteroatoms. The van der Waals surface area contributed by atoms with E-state index in [4.69, 9.17) is 25.8 Å². The molecule has 0 radical (unpaired) electrons. The molecule has 3 aromatic carbocycles. The number of carbonyl (C=O) groups is 2. The lowest BCUT2D eigenvalue weighted by Crippen LogP contribution is -2.15. The van der Waals surface area contributed by atoms with Crippen molar-refractivity contribution < 1.29 is 23.8 Å². The monoisotopic (exact) mass is 410 g/mol. The van der Waals surface area contributed by atoms with Crippen molar-refractivity contribution in [2.75, 3.05) is 13.7 Å². The number of methoxy groups -OCH3 is 1. The first-order chi connectivity index (χ1) is 14.1. The number of ether oxygens (including phenoxy) is 3. The third-order valence-electron chi connectivity index (χ3n) is 4.15. The van der Waals surface area contributed by atoms with Crippen molar-refractivity contribution in [3.05, 3.63) is 94.5 Å². The zero-order valence-corrected chi connectivity index (χ0v) is 16.5. The van der Waals surface area contributed by atoms with Crippen LogP contribution >= 0.6 is 11.6 Å². The second-order valence-corrected chi connectivity index (χ2v) is 6.53. The predicted molar refractivity (Wildman–Crippen MR) is 110 cm³/mol. The summed E-state index contributed by atoms with van der Waals surface area (Å²) in [6.07, 6.45) is 0. The van der Waals surface area contributed by atoms with Crippen molar-refractivity contribution in [3.8, 4) is 11.5 Å². The van der Waals surface area contributed by atoms with E-state index in [0.29, 0.717) is 28.7 Å². The third kappa shape index (κ3) is 5.36. The lowest BCUT2D eigenvalue weighted by Gasteiger charge is -2.11. The number of hydrogen-bond acceptors (Lipinski definition) is 5. The molecule has 0 bridgehead atoms. The number of esters is 1. The van der Waals surface area contributed by atoms with Gasteiger partial charge in [0.05, 0.1) is 12.1 Å². The average Bonchev–Trinajstić information content (AvgIpc) is 2.76. The van der Waals surface area contributed by atoms with Crippen molar-refractivity contribution in [1.82, 2.24) is 0 Å². The van der Waals surface area contributed by atoms with Gasteiger partial charge in [0.2, 0.25) is 0 Å². The van der Waals surface area contributed by atoms with Crippen molar-refractivity contribution in [3.63, 3.8) is 0 Å². The van der Waals surface area contributed by atoms with Crippen molar-refractivity contribution in [2.45, 2.75) is 6.61 Å². The van der Waals surface area contributed by atoms with Crippen LogP contribution in [0.4, 0.5) is 0 Å². The molecule has 0 aliphatic rings. The van der Waals surface area contributed by atoms with E-state index >= 15 is 0 Å². The molecule has 5 nitrogen and oxygen atoms in total. The van der Waals surface area contributed by atoms with Crippen LogP contribution in [0.1, 0.15) is 26.3 Å². The van der Waals surface area contributed by atoms with Crippen LogP contribution in [0.3, 0.4) is 0 Å². The molecule has 0 fully saturated rings. The van der Waals surface area contributed by atoms with Gasteiger partial charge in [-0.1, -0.05) is 54.1 Å². The van der Waals surface area contributed by atoms with Gasteiger partial charge in [0, 0.05) is 5.56 Å². The molecule has 0 atom stereocenters. The van der Waals surface area contributed by atoms with Crippen LogP contribution in [-0.2, 0) is 11.3 Å². The number of Topliss-reactive ketones (excluding diaryl/α,β-unsaturated/α-hetero) is 1. The lowest BCUT2D eigenvalue weighted by atomic mass is 10.1. The number of ketones is 1. The van der Waals surface area contributed by atoms with Crippen molar-refractivity contribution >= 4 is 23.4 Å². The fraction of sp³-hybridized carbons (Fsp3) is 0.130. The summed E-state index contributed by atoms with van der Waals surface area (Å²) in [7, 11) is 1.49. The molecule has 0 aliphatic carbocycles. The van der Waals surface area contributed by atoms with Crippen LogP contribution in [0.15, 0.2) is 72.8 Å². The number of halogens is 1. The quantitative estimate of drug-likeness (QED) is 0.387. The van der Waals surface area contributed by atoms with Crippen LogP contribution in [0.5, 0.6) is 11.5 Å². The standard InChI is InChI=1S/C23H19ClO5/c1-27-22-12-11-17(13-19(22)24)20(25)15-29-23(26)18-9-5-6-10-21(18)28-14-16-7-3-2-4-8-16/h2-13H,14-15H2,1H3. The lowest BCUT2D eigenvalue weighted by molar-refractivity contribution is 0.0470. The Kier molecular flexibility index (Phi) is 6.87. The summed E-state index contributed by atoms with van der Waals surface area (Å²) in [5, 5.41) is 0.310. The van der Waals surface area contributed by atoms with Gasteiger partial charge in [-0.2, -0.15) is 0 Å². The zero-order valence-electron chi connectivity index (χ0n) is 15.8. The second kappa shape index (κ2) is 9.75. The first kappa shape index (κ1) is 20.4. The van der Waals surface area contributed by atoms with Crippen molar-refractivity contribution in [2.24, 2.45) is 0 Å². The van der Waals surface area contributed by atoms with Crippen LogP contribution in [-0.4, -0.2) is 25.5 Å². The average molecular weight is 411 g/mol. The highest BCUT2D eigenvalue weighted by molar-refractivity contribution is 6.32. The fourth-order valence-corrected chi connectivity index (χ4v) is 2.89. The number of benzene rings is 3. The maximum Gasteiger partial charge on any atom is 0.342 e. The van der Waals surface area contributed by atoms with Crippen LogP contribution in [0, 0.1) is 0 Å². The van der Waals surface area contributed by atoms with Crippen molar-refractivity contribution in [1.29, 1.82) is 0 Å². The molecule has 29 heavy (non-hydrogen) atoms. The maximum atomic E-state index is 12.5. The van der Waals surface area contributed by atoms with Crippen LogP contribution in [0.2, 0.25) is 5.02 Å². The predicted octanol–water partition coefficient (Wildman–Crippen LogP) is 4.97. The van der Waals surface area contributed by atoms with E-state index in [2.05, 4.69) is 0 Å². The summed E-state index contributed by atoms with van der Waals surface area (Å²) >= 11 is 6.04. The van der Waals surface area contributed by atoms with E-state index in [1.165, 1.54) is 13.2 Å². The molecule has 0 N–H and O–H groups in total. The summed E-state index contributed by atoms with van der Waals surface area (Å²) in [5.41, 5.74) is 1.56. The molecule has 0 saturated heterocycles. The van der Waals surface area contributed by atoms with E-state index in [9.17, 15) is 9.59 Å². The number of hydrogen-bond donors (Lipinski definition) is 0. The van der Waals surface area contributed by atoms with Gasteiger partial charge >= 0.3 is 5.97 Å². The normalized spacial score (nSPS) is 10.3. The second-order valence-electron chi connectivity index (χ2n) is 6.12.